The summed E-state index contributed by atoms with van der Waals surface area (Å²) in [6.45, 7) is 9.17. The van der Waals surface area contributed by atoms with Gasteiger partial charge in [0.05, 0.1) is 23.9 Å². The number of rotatable bonds is 11. The first-order valence-corrected chi connectivity index (χ1v) is 15.1. The molecule has 1 fully saturated rings. The van der Waals surface area contributed by atoms with E-state index in [0.29, 0.717) is 25.3 Å². The molecule has 2 aromatic rings. The number of likely N-dealkylation sites (tertiary alicyclic amines) is 1. The van der Waals surface area contributed by atoms with Crippen LogP contribution in [0.25, 0.3) is 0 Å². The third-order valence-corrected chi connectivity index (χ3v) is 7.82. The lowest BCUT2D eigenvalue weighted by Gasteiger charge is -2.32. The Kier molecular flexibility index (Phi) is 11.1. The molecule has 9 nitrogen and oxygen atoms in total. The highest BCUT2D eigenvalue weighted by molar-refractivity contribution is 5.98. The molecule has 2 aliphatic rings. The molecule has 4 amide bonds. The number of halogens is 2. The molecule has 238 valence electrons. The van der Waals surface area contributed by atoms with E-state index in [-0.39, 0.29) is 34.8 Å². The summed E-state index contributed by atoms with van der Waals surface area (Å²) in [6, 6.07) is 9.89. The van der Waals surface area contributed by atoms with Gasteiger partial charge in [-0.05, 0) is 85.6 Å². The van der Waals surface area contributed by atoms with E-state index < -0.39 is 29.6 Å². The van der Waals surface area contributed by atoms with Crippen LogP contribution in [0.2, 0.25) is 0 Å². The summed E-state index contributed by atoms with van der Waals surface area (Å²) in [7, 11) is 1.44. The van der Waals surface area contributed by atoms with Crippen LogP contribution in [0, 0.1) is 17.0 Å². The first-order chi connectivity index (χ1) is 20.9. The van der Waals surface area contributed by atoms with Gasteiger partial charge in [0.1, 0.15) is 0 Å². The predicted octanol–water partition coefficient (Wildman–Crippen LogP) is 4.98. The fraction of sp³-hybridized carbons (Fsp3) is 0.485. The van der Waals surface area contributed by atoms with Crippen LogP contribution in [-0.4, -0.2) is 62.6 Å². The number of hydrogen-bond donors (Lipinski definition) is 4. The number of piperidine rings is 1. The van der Waals surface area contributed by atoms with Crippen molar-refractivity contribution in [3.05, 3.63) is 76.5 Å². The number of carbonyl (C=O) groups excluding carboxylic acids is 3. The molecule has 1 saturated heterocycles. The second-order valence-corrected chi connectivity index (χ2v) is 12.7. The van der Waals surface area contributed by atoms with Crippen LogP contribution in [0.5, 0.6) is 0 Å². The molecule has 0 unspecified atom stereocenters. The number of nitrogens with one attached hydrogen (secondary N) is 4. The highest BCUT2D eigenvalue weighted by Gasteiger charge is 2.33. The third-order valence-electron chi connectivity index (χ3n) is 7.82. The average Bonchev–Trinajstić information content (AvgIpc) is 2.96. The Morgan fingerprint density at radius 3 is 2.48 bits per heavy atom. The smallest absolute Gasteiger partial charge is 0.319 e. The van der Waals surface area contributed by atoms with Crippen molar-refractivity contribution in [3.8, 4) is 0 Å². The van der Waals surface area contributed by atoms with E-state index in [0.717, 1.165) is 50.3 Å². The molecule has 0 bridgehead atoms. The molecule has 2 heterocycles. The van der Waals surface area contributed by atoms with Gasteiger partial charge in [-0.25, -0.2) is 13.6 Å². The van der Waals surface area contributed by atoms with Gasteiger partial charge in [0.2, 0.25) is 5.91 Å². The fourth-order valence-corrected chi connectivity index (χ4v) is 5.73. The van der Waals surface area contributed by atoms with E-state index in [4.69, 9.17) is 4.74 Å². The van der Waals surface area contributed by atoms with Gasteiger partial charge >= 0.3 is 6.03 Å². The van der Waals surface area contributed by atoms with Crippen molar-refractivity contribution in [1.29, 1.82) is 0 Å². The standard InChI is InChI=1S/C33H43F2N5O4/c1-33(2,3)19-28(41)37-24-8-5-7-22(17-24)21-11-15-40(16-12-21)14-6-13-36-31(42)29-27(20-44-4)38-32(43)39-30(29)23-9-10-25(34)26(35)18-23/h5,7-10,17-18,21,30H,6,11-16,19-20H2,1-4H3,(H,36,42)(H,37,41)(H2,38,39,43)/t30-/m1/s1. The molecular formula is C33H43F2N5O4. The Labute approximate surface area is 257 Å². The highest BCUT2D eigenvalue weighted by atomic mass is 19.2. The molecule has 44 heavy (non-hydrogen) atoms. The van der Waals surface area contributed by atoms with Crippen LogP contribution in [0.4, 0.5) is 19.3 Å². The molecule has 0 spiro atoms. The van der Waals surface area contributed by atoms with Crippen molar-refractivity contribution in [3.63, 3.8) is 0 Å². The van der Waals surface area contributed by atoms with Gasteiger partial charge in [-0.3, -0.25) is 9.59 Å². The minimum Gasteiger partial charge on any atom is -0.378 e. The Bertz CT molecular complexity index is 1380. The first kappa shape index (κ1) is 33.1. The molecule has 0 aliphatic carbocycles. The minimum absolute atomic E-state index is 0.0205. The van der Waals surface area contributed by atoms with Crippen LogP contribution in [0.15, 0.2) is 53.7 Å². The van der Waals surface area contributed by atoms with Gasteiger partial charge < -0.3 is 30.9 Å². The van der Waals surface area contributed by atoms with Crippen molar-refractivity contribution in [2.45, 2.75) is 58.4 Å². The van der Waals surface area contributed by atoms with Gasteiger partial charge in [0.15, 0.2) is 11.6 Å². The zero-order valence-electron chi connectivity index (χ0n) is 25.9. The van der Waals surface area contributed by atoms with E-state index >= 15 is 0 Å². The second-order valence-electron chi connectivity index (χ2n) is 12.7. The average molecular weight is 612 g/mol. The quantitative estimate of drug-likeness (QED) is 0.268. The van der Waals surface area contributed by atoms with E-state index in [1.165, 1.54) is 18.7 Å². The topological polar surface area (TPSA) is 112 Å². The summed E-state index contributed by atoms with van der Waals surface area (Å²) in [4.78, 5) is 40.3. The summed E-state index contributed by atoms with van der Waals surface area (Å²) in [6.07, 6.45) is 3.18. The largest absolute Gasteiger partial charge is 0.378 e. The Balaban J connectivity index is 1.28. The maximum absolute atomic E-state index is 14.0. The lowest BCUT2D eigenvalue weighted by Crippen LogP contribution is -2.48. The van der Waals surface area contributed by atoms with Gasteiger partial charge in [0.25, 0.3) is 5.91 Å². The van der Waals surface area contributed by atoms with Gasteiger partial charge in [-0.1, -0.05) is 39.0 Å². The van der Waals surface area contributed by atoms with Crippen LogP contribution in [-0.2, 0) is 14.3 Å². The summed E-state index contributed by atoms with van der Waals surface area (Å²) < 4.78 is 32.7. The van der Waals surface area contributed by atoms with Crippen molar-refractivity contribution < 1.29 is 27.9 Å². The van der Waals surface area contributed by atoms with Crippen molar-refractivity contribution in [2.75, 3.05) is 45.2 Å². The molecular weight excluding hydrogens is 568 g/mol. The highest BCUT2D eigenvalue weighted by Crippen LogP contribution is 2.31. The third kappa shape index (κ3) is 9.09. The number of nitrogens with zero attached hydrogens (tertiary/aromatic N) is 1. The molecule has 2 aliphatic heterocycles. The summed E-state index contributed by atoms with van der Waals surface area (Å²) >= 11 is 0. The SMILES string of the molecule is COCC1=C(C(=O)NCCCN2CCC(c3cccc(NC(=O)CC(C)(C)C)c3)CC2)[C@@H](c2ccc(F)c(F)c2)NC(=O)N1. The maximum atomic E-state index is 14.0. The summed E-state index contributed by atoms with van der Waals surface area (Å²) in [5, 5.41) is 11.2. The fourth-order valence-electron chi connectivity index (χ4n) is 5.73. The van der Waals surface area contributed by atoms with Crippen LogP contribution < -0.4 is 21.3 Å². The number of ether oxygens (including phenoxy) is 1. The molecule has 0 saturated carbocycles. The number of anilines is 1. The van der Waals surface area contributed by atoms with Crippen molar-refractivity contribution in [1.82, 2.24) is 20.9 Å². The zero-order valence-corrected chi connectivity index (χ0v) is 25.9. The van der Waals surface area contributed by atoms with Crippen molar-refractivity contribution >= 4 is 23.5 Å². The van der Waals surface area contributed by atoms with Gasteiger partial charge in [-0.2, -0.15) is 0 Å². The number of methoxy groups -OCH3 is 1. The van der Waals surface area contributed by atoms with E-state index in [1.807, 2.05) is 32.9 Å². The van der Waals surface area contributed by atoms with Crippen LogP contribution in [0.1, 0.15) is 69.5 Å². The van der Waals surface area contributed by atoms with E-state index in [2.05, 4.69) is 38.3 Å². The Morgan fingerprint density at radius 2 is 1.80 bits per heavy atom. The second kappa shape index (κ2) is 14.8. The first-order valence-electron chi connectivity index (χ1n) is 15.1. The number of urea groups is 1. The van der Waals surface area contributed by atoms with Crippen LogP contribution in [0.3, 0.4) is 0 Å². The zero-order chi connectivity index (χ0) is 31.9. The molecule has 0 aromatic heterocycles. The molecule has 11 heteroatoms. The van der Waals surface area contributed by atoms with E-state index in [9.17, 15) is 23.2 Å². The minimum atomic E-state index is -1.07. The van der Waals surface area contributed by atoms with Crippen molar-refractivity contribution in [2.24, 2.45) is 5.41 Å². The van der Waals surface area contributed by atoms with Crippen LogP contribution >= 0.6 is 0 Å². The molecule has 4 rings (SSSR count). The molecule has 2 aromatic carbocycles. The Hall–Kier alpha value is -3.83. The predicted molar refractivity (Wildman–Crippen MR) is 165 cm³/mol. The summed E-state index contributed by atoms with van der Waals surface area (Å²) in [5.74, 6) is -2.07. The molecule has 0 radical (unpaired) electrons. The number of carbonyl (C=O) groups is 3. The number of amides is 4. The monoisotopic (exact) mass is 611 g/mol. The molecule has 1 atom stereocenters. The van der Waals surface area contributed by atoms with E-state index in [1.54, 1.807) is 0 Å². The Morgan fingerprint density at radius 1 is 1.05 bits per heavy atom. The summed E-state index contributed by atoms with van der Waals surface area (Å²) in [5.41, 5.74) is 2.70. The molecule has 4 N–H and O–H groups in total. The van der Waals surface area contributed by atoms with Gasteiger partial charge in [-0.15, -0.1) is 0 Å². The number of benzene rings is 2. The van der Waals surface area contributed by atoms with Gasteiger partial charge in [0, 0.05) is 25.8 Å². The lowest BCUT2D eigenvalue weighted by atomic mass is 9.89. The number of hydrogen-bond acceptors (Lipinski definition) is 5. The maximum Gasteiger partial charge on any atom is 0.319 e. The lowest BCUT2D eigenvalue weighted by molar-refractivity contribution is -0.118. The normalized spacial score (nSPS) is 18.0.